The number of nitrogens with one attached hydrogen (secondary N) is 2. The summed E-state index contributed by atoms with van der Waals surface area (Å²) in [6.07, 6.45) is 4.16. The van der Waals surface area contributed by atoms with Gasteiger partial charge >= 0.3 is 0 Å². The Morgan fingerprint density at radius 2 is 2.17 bits per heavy atom. The molecular weight excluding hydrogens is 292 g/mol. The number of fused-ring (bicyclic) bond motifs is 1. The van der Waals surface area contributed by atoms with Gasteiger partial charge in [-0.3, -0.25) is 9.59 Å². The molecule has 1 aromatic heterocycles. The molecule has 1 atom stereocenters. The summed E-state index contributed by atoms with van der Waals surface area (Å²) in [5.74, 6) is -0.00545. The van der Waals surface area contributed by atoms with Crippen molar-refractivity contribution >= 4 is 16.8 Å². The number of rotatable bonds is 5. The molecule has 0 spiro atoms. The summed E-state index contributed by atoms with van der Waals surface area (Å²) in [6, 6.07) is 9.58. The monoisotopic (exact) mass is 314 g/mol. The number of hydrogen-bond acceptors (Lipinski definition) is 3. The first-order valence-electron chi connectivity index (χ1n) is 8.21. The van der Waals surface area contributed by atoms with Crippen LogP contribution in [0.15, 0.2) is 35.1 Å². The summed E-state index contributed by atoms with van der Waals surface area (Å²) in [4.78, 5) is 26.8. The molecule has 0 saturated carbocycles. The van der Waals surface area contributed by atoms with Crippen molar-refractivity contribution in [3.63, 3.8) is 0 Å². The minimum absolute atomic E-state index is 0.00545. The summed E-state index contributed by atoms with van der Waals surface area (Å²) in [5.41, 5.74) is 1.44. The van der Waals surface area contributed by atoms with Gasteiger partial charge in [-0.1, -0.05) is 18.2 Å². The lowest BCUT2D eigenvalue weighted by Crippen LogP contribution is -2.32. The number of amides is 1. The van der Waals surface area contributed by atoms with Crippen LogP contribution in [0.1, 0.15) is 31.2 Å². The van der Waals surface area contributed by atoms with E-state index < -0.39 is 0 Å². The number of para-hydroxylation sites is 1. The standard InChI is InChI=1S/C18H22N2O3/c21-17(12-15-6-3-4-10-23-15)19-9-8-14-11-13-5-1-2-7-16(13)20-18(14)22/h1-2,5,7,11,15H,3-4,6,8-10,12H2,(H,19,21)(H,20,22). The fourth-order valence-corrected chi connectivity index (χ4v) is 2.96. The molecule has 2 heterocycles. The van der Waals surface area contributed by atoms with E-state index in [9.17, 15) is 9.59 Å². The molecule has 1 saturated heterocycles. The van der Waals surface area contributed by atoms with E-state index in [2.05, 4.69) is 10.3 Å². The lowest BCUT2D eigenvalue weighted by atomic mass is 10.1. The molecule has 2 aromatic rings. The highest BCUT2D eigenvalue weighted by Crippen LogP contribution is 2.15. The smallest absolute Gasteiger partial charge is 0.251 e. The van der Waals surface area contributed by atoms with Gasteiger partial charge in [-0.25, -0.2) is 0 Å². The molecule has 122 valence electrons. The van der Waals surface area contributed by atoms with Crippen molar-refractivity contribution in [1.29, 1.82) is 0 Å². The van der Waals surface area contributed by atoms with Crippen LogP contribution in [0, 0.1) is 0 Å². The molecular formula is C18H22N2O3. The number of benzene rings is 1. The third-order valence-corrected chi connectivity index (χ3v) is 4.23. The van der Waals surface area contributed by atoms with Crippen molar-refractivity contribution in [1.82, 2.24) is 10.3 Å². The number of ether oxygens (including phenoxy) is 1. The van der Waals surface area contributed by atoms with Gasteiger partial charge in [0, 0.05) is 24.2 Å². The fourth-order valence-electron chi connectivity index (χ4n) is 2.96. The molecule has 1 aliphatic rings. The quantitative estimate of drug-likeness (QED) is 0.888. The van der Waals surface area contributed by atoms with E-state index in [0.29, 0.717) is 24.9 Å². The highest BCUT2D eigenvalue weighted by Gasteiger charge is 2.17. The van der Waals surface area contributed by atoms with Crippen LogP contribution in [-0.4, -0.2) is 30.1 Å². The molecule has 5 nitrogen and oxygen atoms in total. The number of hydrogen-bond donors (Lipinski definition) is 2. The van der Waals surface area contributed by atoms with E-state index in [1.165, 1.54) is 0 Å². The van der Waals surface area contributed by atoms with Crippen LogP contribution in [0.4, 0.5) is 0 Å². The Balaban J connectivity index is 1.53. The zero-order valence-electron chi connectivity index (χ0n) is 13.1. The van der Waals surface area contributed by atoms with Crippen molar-refractivity contribution in [2.75, 3.05) is 13.2 Å². The van der Waals surface area contributed by atoms with Crippen LogP contribution in [0.2, 0.25) is 0 Å². The average Bonchev–Trinajstić information content (AvgIpc) is 2.56. The third kappa shape index (κ3) is 4.20. The minimum atomic E-state index is -0.0893. The molecule has 1 fully saturated rings. The highest BCUT2D eigenvalue weighted by molar-refractivity contribution is 5.79. The molecule has 5 heteroatoms. The highest BCUT2D eigenvalue weighted by atomic mass is 16.5. The molecule has 0 aliphatic carbocycles. The second kappa shape index (κ2) is 7.42. The predicted molar refractivity (Wildman–Crippen MR) is 89.5 cm³/mol. The van der Waals surface area contributed by atoms with Crippen molar-refractivity contribution in [3.05, 3.63) is 46.2 Å². The zero-order chi connectivity index (χ0) is 16.1. The van der Waals surface area contributed by atoms with E-state index in [0.717, 1.165) is 36.8 Å². The Hall–Kier alpha value is -2.14. The molecule has 1 unspecified atom stereocenters. The molecule has 0 radical (unpaired) electrons. The Labute approximate surface area is 135 Å². The molecule has 1 aliphatic heterocycles. The Bertz CT molecular complexity index is 732. The van der Waals surface area contributed by atoms with Crippen molar-refractivity contribution < 1.29 is 9.53 Å². The molecule has 2 N–H and O–H groups in total. The van der Waals surface area contributed by atoms with Gasteiger partial charge in [-0.15, -0.1) is 0 Å². The number of carbonyl (C=O) groups is 1. The molecule has 1 amide bonds. The SMILES string of the molecule is O=C(CC1CCCCO1)NCCc1cc2ccccc2[nH]c1=O. The number of pyridine rings is 1. The summed E-state index contributed by atoms with van der Waals surface area (Å²) in [7, 11) is 0. The van der Waals surface area contributed by atoms with Gasteiger partial charge in [0.05, 0.1) is 12.5 Å². The molecule has 0 bridgehead atoms. The normalized spacial score (nSPS) is 18.0. The number of carbonyl (C=O) groups excluding carboxylic acids is 1. The van der Waals surface area contributed by atoms with Gasteiger partial charge in [-0.05, 0) is 43.2 Å². The first-order chi connectivity index (χ1) is 11.2. The maximum Gasteiger partial charge on any atom is 0.251 e. The van der Waals surface area contributed by atoms with Crippen molar-refractivity contribution in [2.24, 2.45) is 0 Å². The maximum absolute atomic E-state index is 12.0. The Kier molecular flexibility index (Phi) is 5.08. The minimum Gasteiger partial charge on any atom is -0.378 e. The van der Waals surface area contributed by atoms with Gasteiger partial charge in [0.1, 0.15) is 0 Å². The van der Waals surface area contributed by atoms with Gasteiger partial charge in [0.15, 0.2) is 0 Å². The molecule has 23 heavy (non-hydrogen) atoms. The summed E-state index contributed by atoms with van der Waals surface area (Å²) >= 11 is 0. The second-order valence-corrected chi connectivity index (χ2v) is 6.00. The van der Waals surface area contributed by atoms with Crippen LogP contribution in [-0.2, 0) is 16.0 Å². The Morgan fingerprint density at radius 3 is 3.00 bits per heavy atom. The van der Waals surface area contributed by atoms with E-state index in [1.807, 2.05) is 30.3 Å². The molecule has 1 aromatic carbocycles. The van der Waals surface area contributed by atoms with Crippen molar-refractivity contribution in [3.8, 4) is 0 Å². The topological polar surface area (TPSA) is 71.2 Å². The number of aromatic nitrogens is 1. The Morgan fingerprint density at radius 1 is 1.30 bits per heavy atom. The molecule has 3 rings (SSSR count). The van der Waals surface area contributed by atoms with E-state index >= 15 is 0 Å². The third-order valence-electron chi connectivity index (χ3n) is 4.23. The van der Waals surface area contributed by atoms with Crippen molar-refractivity contribution in [2.45, 2.75) is 38.2 Å². The van der Waals surface area contributed by atoms with Crippen LogP contribution in [0.3, 0.4) is 0 Å². The lowest BCUT2D eigenvalue weighted by Gasteiger charge is -2.21. The fraction of sp³-hybridized carbons (Fsp3) is 0.444. The zero-order valence-corrected chi connectivity index (χ0v) is 13.1. The number of aromatic amines is 1. The van der Waals surface area contributed by atoms with Crippen LogP contribution in [0.25, 0.3) is 10.9 Å². The maximum atomic E-state index is 12.0. The number of H-pyrrole nitrogens is 1. The van der Waals surface area contributed by atoms with Crippen LogP contribution < -0.4 is 10.9 Å². The summed E-state index contributed by atoms with van der Waals surface area (Å²) in [6.45, 7) is 1.22. The second-order valence-electron chi connectivity index (χ2n) is 6.00. The first-order valence-corrected chi connectivity index (χ1v) is 8.21. The average molecular weight is 314 g/mol. The largest absolute Gasteiger partial charge is 0.378 e. The first kappa shape index (κ1) is 15.7. The van der Waals surface area contributed by atoms with Crippen LogP contribution >= 0.6 is 0 Å². The van der Waals surface area contributed by atoms with E-state index in [4.69, 9.17) is 4.74 Å². The lowest BCUT2D eigenvalue weighted by molar-refractivity contribution is -0.124. The van der Waals surface area contributed by atoms with E-state index in [1.54, 1.807) is 0 Å². The predicted octanol–water partition coefficient (Wildman–Crippen LogP) is 2.15. The van der Waals surface area contributed by atoms with Gasteiger partial charge in [0.25, 0.3) is 5.56 Å². The summed E-state index contributed by atoms with van der Waals surface area (Å²) < 4.78 is 5.56. The van der Waals surface area contributed by atoms with Crippen LogP contribution in [0.5, 0.6) is 0 Å². The van der Waals surface area contributed by atoms with E-state index in [-0.39, 0.29) is 17.6 Å². The van der Waals surface area contributed by atoms with Gasteiger partial charge in [0.2, 0.25) is 5.91 Å². The van der Waals surface area contributed by atoms with Gasteiger partial charge in [-0.2, -0.15) is 0 Å². The van der Waals surface area contributed by atoms with Gasteiger partial charge < -0.3 is 15.0 Å². The summed E-state index contributed by atoms with van der Waals surface area (Å²) in [5, 5.41) is 3.89.